The lowest BCUT2D eigenvalue weighted by Crippen LogP contribution is -2.44. The highest BCUT2D eigenvalue weighted by Crippen LogP contribution is 2.28. The van der Waals surface area contributed by atoms with Gasteiger partial charge in [-0.1, -0.05) is 91.0 Å². The molecule has 0 amide bonds. The van der Waals surface area contributed by atoms with E-state index in [9.17, 15) is 10.2 Å². The number of aliphatic hydroxyl groups is 2. The number of hydrogen-bond donors (Lipinski definition) is 2. The summed E-state index contributed by atoms with van der Waals surface area (Å²) in [4.78, 5) is 0. The normalized spacial score (nSPS) is 23.5. The molecule has 174 valence electrons. The summed E-state index contributed by atoms with van der Waals surface area (Å²) < 4.78 is 23.8. The molecule has 0 spiro atoms. The molecule has 33 heavy (non-hydrogen) atoms. The van der Waals surface area contributed by atoms with Crippen LogP contribution >= 0.6 is 0 Å². The molecule has 6 nitrogen and oxygen atoms in total. The maximum Gasteiger partial charge on any atom is 0.184 e. The first kappa shape index (κ1) is 23.6. The van der Waals surface area contributed by atoms with Gasteiger partial charge in [0.2, 0.25) is 0 Å². The van der Waals surface area contributed by atoms with Crippen molar-refractivity contribution in [1.82, 2.24) is 0 Å². The molecular formula is C27H30O6. The average Bonchev–Trinajstić information content (AvgIpc) is 3.15. The Balaban J connectivity index is 1.44. The molecule has 4 rings (SSSR count). The molecule has 1 saturated heterocycles. The molecule has 0 aliphatic carbocycles. The van der Waals surface area contributed by atoms with Crippen molar-refractivity contribution < 1.29 is 29.2 Å². The standard InChI is InChI=1S/C27H30O6/c28-24-26(32-18-22-14-8-3-9-15-22)25(33-27(24)29)23(31-17-21-12-6-2-7-13-21)19-30-16-20-10-4-1-5-11-20/h1-15,23-29H,16-19H2/t23-,24+,25-,26-,27-/m0/s1. The van der Waals surface area contributed by atoms with E-state index in [2.05, 4.69) is 0 Å². The number of aliphatic hydroxyl groups excluding tert-OH is 2. The van der Waals surface area contributed by atoms with E-state index in [0.29, 0.717) is 13.2 Å². The van der Waals surface area contributed by atoms with Gasteiger partial charge in [-0.15, -0.1) is 0 Å². The van der Waals surface area contributed by atoms with Crippen LogP contribution in [0.15, 0.2) is 91.0 Å². The molecule has 0 aromatic heterocycles. The Morgan fingerprint density at radius 2 is 1.21 bits per heavy atom. The lowest BCUT2D eigenvalue weighted by Gasteiger charge is -2.28. The van der Waals surface area contributed by atoms with E-state index in [1.54, 1.807) is 0 Å². The van der Waals surface area contributed by atoms with Crippen molar-refractivity contribution >= 4 is 0 Å². The van der Waals surface area contributed by atoms with Gasteiger partial charge in [-0.2, -0.15) is 0 Å². The van der Waals surface area contributed by atoms with Crippen molar-refractivity contribution in [3.63, 3.8) is 0 Å². The van der Waals surface area contributed by atoms with Gasteiger partial charge >= 0.3 is 0 Å². The summed E-state index contributed by atoms with van der Waals surface area (Å²) in [5, 5.41) is 20.8. The van der Waals surface area contributed by atoms with Crippen LogP contribution in [-0.2, 0) is 38.8 Å². The van der Waals surface area contributed by atoms with Crippen molar-refractivity contribution in [3.05, 3.63) is 108 Å². The SMILES string of the molecule is O[C@@H]1[C@H](OCc2ccccc2)[C@H]([C@H](COCc2ccccc2)OCc2ccccc2)O[C@@H]1O. The summed E-state index contributed by atoms with van der Waals surface area (Å²) in [5.74, 6) is 0. The van der Waals surface area contributed by atoms with Crippen molar-refractivity contribution in [3.8, 4) is 0 Å². The summed E-state index contributed by atoms with van der Waals surface area (Å²) in [6, 6.07) is 29.3. The third kappa shape index (κ3) is 6.71. The van der Waals surface area contributed by atoms with E-state index in [4.69, 9.17) is 18.9 Å². The summed E-state index contributed by atoms with van der Waals surface area (Å²) in [6.07, 6.45) is -4.55. The second kappa shape index (κ2) is 12.0. The monoisotopic (exact) mass is 450 g/mol. The predicted octanol–water partition coefficient (Wildman–Crippen LogP) is 3.45. The Kier molecular flexibility index (Phi) is 8.60. The van der Waals surface area contributed by atoms with Gasteiger partial charge in [-0.3, -0.25) is 0 Å². The van der Waals surface area contributed by atoms with Crippen LogP contribution in [0, 0.1) is 0 Å². The van der Waals surface area contributed by atoms with Crippen LogP contribution in [-0.4, -0.2) is 47.5 Å². The topological polar surface area (TPSA) is 77.4 Å². The van der Waals surface area contributed by atoms with Gasteiger partial charge in [0, 0.05) is 0 Å². The number of benzene rings is 3. The van der Waals surface area contributed by atoms with Gasteiger partial charge in [0.15, 0.2) is 6.29 Å². The van der Waals surface area contributed by atoms with Gasteiger partial charge in [-0.25, -0.2) is 0 Å². The van der Waals surface area contributed by atoms with Gasteiger partial charge < -0.3 is 29.2 Å². The van der Waals surface area contributed by atoms with E-state index >= 15 is 0 Å². The predicted molar refractivity (Wildman–Crippen MR) is 123 cm³/mol. The van der Waals surface area contributed by atoms with Crippen LogP contribution in [0.4, 0.5) is 0 Å². The molecule has 2 N–H and O–H groups in total. The number of rotatable bonds is 11. The van der Waals surface area contributed by atoms with Gasteiger partial charge in [-0.05, 0) is 16.7 Å². The second-order valence-electron chi connectivity index (χ2n) is 8.08. The quantitative estimate of drug-likeness (QED) is 0.466. The van der Waals surface area contributed by atoms with Crippen molar-refractivity contribution in [2.24, 2.45) is 0 Å². The second-order valence-corrected chi connectivity index (χ2v) is 8.08. The minimum absolute atomic E-state index is 0.219. The summed E-state index contributed by atoms with van der Waals surface area (Å²) in [6.45, 7) is 1.26. The molecule has 1 heterocycles. The molecule has 0 saturated carbocycles. The van der Waals surface area contributed by atoms with Crippen LogP contribution in [0.5, 0.6) is 0 Å². The molecule has 3 aromatic carbocycles. The molecule has 0 unspecified atom stereocenters. The Hall–Kier alpha value is -2.58. The van der Waals surface area contributed by atoms with Crippen LogP contribution in [0.1, 0.15) is 16.7 Å². The van der Waals surface area contributed by atoms with E-state index in [1.807, 2.05) is 91.0 Å². The third-order valence-corrected chi connectivity index (χ3v) is 5.60. The molecule has 1 fully saturated rings. The molecule has 1 aliphatic rings. The molecule has 6 heteroatoms. The summed E-state index contributed by atoms with van der Waals surface area (Å²) in [5.41, 5.74) is 3.02. The van der Waals surface area contributed by atoms with Crippen LogP contribution in [0.3, 0.4) is 0 Å². The highest BCUT2D eigenvalue weighted by atomic mass is 16.7. The lowest BCUT2D eigenvalue weighted by molar-refractivity contribution is -0.170. The Bertz CT molecular complexity index is 937. The molecule has 0 radical (unpaired) electrons. The fourth-order valence-electron chi connectivity index (χ4n) is 3.82. The highest BCUT2D eigenvalue weighted by molar-refractivity contribution is 5.15. The maximum absolute atomic E-state index is 10.5. The first-order valence-corrected chi connectivity index (χ1v) is 11.1. The highest BCUT2D eigenvalue weighted by Gasteiger charge is 2.48. The van der Waals surface area contributed by atoms with Gasteiger partial charge in [0.1, 0.15) is 24.4 Å². The van der Waals surface area contributed by atoms with Gasteiger partial charge in [0.25, 0.3) is 0 Å². The van der Waals surface area contributed by atoms with Crippen molar-refractivity contribution in [2.45, 2.75) is 50.5 Å². The molecule has 3 aromatic rings. The Morgan fingerprint density at radius 1 is 0.697 bits per heavy atom. The summed E-state index contributed by atoms with van der Waals surface area (Å²) >= 11 is 0. The molecular weight excluding hydrogens is 420 g/mol. The first-order chi connectivity index (χ1) is 16.2. The zero-order valence-electron chi connectivity index (χ0n) is 18.4. The average molecular weight is 451 g/mol. The fourth-order valence-corrected chi connectivity index (χ4v) is 3.82. The summed E-state index contributed by atoms with van der Waals surface area (Å²) in [7, 11) is 0. The number of ether oxygens (including phenoxy) is 4. The molecule has 5 atom stereocenters. The largest absolute Gasteiger partial charge is 0.385 e. The first-order valence-electron chi connectivity index (χ1n) is 11.1. The Morgan fingerprint density at radius 3 is 1.79 bits per heavy atom. The van der Waals surface area contributed by atoms with E-state index in [1.165, 1.54) is 0 Å². The van der Waals surface area contributed by atoms with E-state index in [-0.39, 0.29) is 13.2 Å². The third-order valence-electron chi connectivity index (χ3n) is 5.60. The van der Waals surface area contributed by atoms with Crippen molar-refractivity contribution in [1.29, 1.82) is 0 Å². The molecule has 0 bridgehead atoms. The maximum atomic E-state index is 10.5. The lowest BCUT2D eigenvalue weighted by atomic mass is 10.1. The van der Waals surface area contributed by atoms with Crippen molar-refractivity contribution in [2.75, 3.05) is 6.61 Å². The van der Waals surface area contributed by atoms with Gasteiger partial charge in [0.05, 0.1) is 26.4 Å². The molecule has 1 aliphatic heterocycles. The number of hydrogen-bond acceptors (Lipinski definition) is 6. The minimum Gasteiger partial charge on any atom is -0.385 e. The van der Waals surface area contributed by atoms with Crippen LogP contribution < -0.4 is 0 Å². The zero-order chi connectivity index (χ0) is 22.9. The Labute approximate surface area is 194 Å². The van der Waals surface area contributed by atoms with Crippen LogP contribution in [0.25, 0.3) is 0 Å². The van der Waals surface area contributed by atoms with E-state index in [0.717, 1.165) is 16.7 Å². The fraction of sp³-hybridized carbons (Fsp3) is 0.333. The minimum atomic E-state index is -1.35. The smallest absolute Gasteiger partial charge is 0.184 e. The van der Waals surface area contributed by atoms with E-state index < -0.39 is 30.7 Å². The zero-order valence-corrected chi connectivity index (χ0v) is 18.4. The van der Waals surface area contributed by atoms with Crippen LogP contribution in [0.2, 0.25) is 0 Å².